The predicted molar refractivity (Wildman–Crippen MR) is 104 cm³/mol. The molecule has 0 aliphatic carbocycles. The summed E-state index contributed by atoms with van der Waals surface area (Å²) >= 11 is 0. The molecular weight excluding hydrogens is 330 g/mol. The quantitative estimate of drug-likeness (QED) is 0.495. The van der Waals surface area contributed by atoms with E-state index in [0.717, 1.165) is 56.0 Å². The van der Waals surface area contributed by atoms with E-state index in [4.69, 9.17) is 14.2 Å². The molecule has 1 heterocycles. The van der Waals surface area contributed by atoms with Gasteiger partial charge >= 0.3 is 5.97 Å². The molecule has 0 amide bonds. The summed E-state index contributed by atoms with van der Waals surface area (Å²) in [5.41, 5.74) is 1.10. The molecule has 0 unspecified atom stereocenters. The van der Waals surface area contributed by atoms with E-state index in [0.29, 0.717) is 13.2 Å². The summed E-state index contributed by atoms with van der Waals surface area (Å²) in [4.78, 5) is 14.2. The number of nitrogens with zero attached hydrogens (tertiary/aromatic N) is 1. The highest BCUT2D eigenvalue weighted by Gasteiger charge is 2.25. The highest BCUT2D eigenvalue weighted by molar-refractivity contribution is 5.72. The minimum absolute atomic E-state index is 0.0380. The van der Waals surface area contributed by atoms with Gasteiger partial charge in [-0.2, -0.15) is 0 Å². The highest BCUT2D eigenvalue weighted by Crippen LogP contribution is 2.28. The number of ether oxygens (including phenoxy) is 3. The lowest BCUT2D eigenvalue weighted by Crippen LogP contribution is -2.37. The zero-order chi connectivity index (χ0) is 18.8. The van der Waals surface area contributed by atoms with Crippen molar-refractivity contribution in [1.82, 2.24) is 4.90 Å². The Morgan fingerprint density at radius 3 is 2.69 bits per heavy atom. The van der Waals surface area contributed by atoms with E-state index in [1.54, 1.807) is 7.11 Å². The topological polar surface area (TPSA) is 48.0 Å². The molecule has 0 radical (unpaired) electrons. The fourth-order valence-electron chi connectivity index (χ4n) is 3.22. The summed E-state index contributed by atoms with van der Waals surface area (Å²) < 4.78 is 16.4. The third-order valence-corrected chi connectivity index (χ3v) is 4.63. The standard InChI is InChI=1S/C21H31NO4/c1-4-7-17-8-9-19(20(16-17)24-3)26-15-6-12-22-13-10-18(11-14-22)21(23)25-5-2/h4,7-9,16,18H,5-6,10-15H2,1-3H3/b7-4+. The van der Waals surface area contributed by atoms with Crippen molar-refractivity contribution in [3.8, 4) is 11.5 Å². The second-order valence-electron chi connectivity index (χ2n) is 6.48. The number of hydrogen-bond acceptors (Lipinski definition) is 5. The number of piperidine rings is 1. The maximum Gasteiger partial charge on any atom is 0.309 e. The Hall–Kier alpha value is -2.01. The van der Waals surface area contributed by atoms with Crippen LogP contribution in [-0.2, 0) is 9.53 Å². The van der Waals surface area contributed by atoms with Gasteiger partial charge in [0.15, 0.2) is 11.5 Å². The molecule has 0 bridgehead atoms. The number of likely N-dealkylation sites (tertiary alicyclic amines) is 1. The molecule has 26 heavy (non-hydrogen) atoms. The Morgan fingerprint density at radius 1 is 1.27 bits per heavy atom. The maximum absolute atomic E-state index is 11.8. The van der Waals surface area contributed by atoms with Crippen LogP contribution in [0.15, 0.2) is 24.3 Å². The SMILES string of the molecule is C/C=C/c1ccc(OCCCN2CCC(C(=O)OCC)CC2)c(OC)c1. The van der Waals surface area contributed by atoms with Crippen LogP contribution in [0.2, 0.25) is 0 Å². The lowest BCUT2D eigenvalue weighted by molar-refractivity contribution is -0.149. The Kier molecular flexibility index (Phi) is 8.48. The zero-order valence-corrected chi connectivity index (χ0v) is 16.2. The molecule has 1 aromatic rings. The third-order valence-electron chi connectivity index (χ3n) is 4.63. The smallest absolute Gasteiger partial charge is 0.309 e. The van der Waals surface area contributed by atoms with Crippen molar-refractivity contribution in [2.75, 3.05) is 40.0 Å². The van der Waals surface area contributed by atoms with Crippen LogP contribution in [0.1, 0.15) is 38.7 Å². The fraction of sp³-hybridized carbons (Fsp3) is 0.571. The van der Waals surface area contributed by atoms with Gasteiger partial charge in [0.2, 0.25) is 0 Å². The van der Waals surface area contributed by atoms with Gasteiger partial charge in [0.25, 0.3) is 0 Å². The molecular formula is C21H31NO4. The van der Waals surface area contributed by atoms with Crippen molar-refractivity contribution in [3.05, 3.63) is 29.8 Å². The summed E-state index contributed by atoms with van der Waals surface area (Å²) in [6.45, 7) is 7.85. The Bertz CT molecular complexity index is 592. The molecule has 0 atom stereocenters. The van der Waals surface area contributed by atoms with Crippen LogP contribution in [-0.4, -0.2) is 50.8 Å². The number of esters is 1. The molecule has 144 valence electrons. The van der Waals surface area contributed by atoms with Crippen molar-refractivity contribution in [2.24, 2.45) is 5.92 Å². The van der Waals surface area contributed by atoms with E-state index in [-0.39, 0.29) is 11.9 Å². The number of methoxy groups -OCH3 is 1. The van der Waals surface area contributed by atoms with Gasteiger partial charge in [-0.3, -0.25) is 4.79 Å². The van der Waals surface area contributed by atoms with Crippen LogP contribution in [0.25, 0.3) is 6.08 Å². The van der Waals surface area contributed by atoms with Gasteiger partial charge in [-0.25, -0.2) is 0 Å². The van der Waals surface area contributed by atoms with E-state index >= 15 is 0 Å². The van der Waals surface area contributed by atoms with Gasteiger partial charge in [-0.15, -0.1) is 0 Å². The van der Waals surface area contributed by atoms with Crippen molar-refractivity contribution in [1.29, 1.82) is 0 Å². The van der Waals surface area contributed by atoms with Crippen LogP contribution in [0.3, 0.4) is 0 Å². The molecule has 1 aliphatic rings. The van der Waals surface area contributed by atoms with Crippen molar-refractivity contribution >= 4 is 12.0 Å². The average Bonchev–Trinajstić information content (AvgIpc) is 2.67. The van der Waals surface area contributed by atoms with Gasteiger partial charge in [-0.1, -0.05) is 18.2 Å². The number of allylic oxidation sites excluding steroid dienone is 1. The van der Waals surface area contributed by atoms with E-state index < -0.39 is 0 Å². The van der Waals surface area contributed by atoms with E-state index in [9.17, 15) is 4.79 Å². The molecule has 0 spiro atoms. The lowest BCUT2D eigenvalue weighted by Gasteiger charge is -2.30. The van der Waals surface area contributed by atoms with Crippen molar-refractivity contribution in [2.45, 2.75) is 33.1 Å². The van der Waals surface area contributed by atoms with Gasteiger partial charge < -0.3 is 19.1 Å². The monoisotopic (exact) mass is 361 g/mol. The number of rotatable bonds is 9. The average molecular weight is 361 g/mol. The van der Waals surface area contributed by atoms with Crippen molar-refractivity contribution < 1.29 is 19.0 Å². The molecule has 5 heteroatoms. The highest BCUT2D eigenvalue weighted by atomic mass is 16.5. The first-order valence-electron chi connectivity index (χ1n) is 9.50. The van der Waals surface area contributed by atoms with Crippen LogP contribution in [0, 0.1) is 5.92 Å². The summed E-state index contributed by atoms with van der Waals surface area (Å²) in [5.74, 6) is 1.57. The number of carbonyl (C=O) groups is 1. The largest absolute Gasteiger partial charge is 0.493 e. The van der Waals surface area contributed by atoms with Gasteiger partial charge in [-0.05, 0) is 63.9 Å². The molecule has 1 aliphatic heterocycles. The Balaban J connectivity index is 1.70. The van der Waals surface area contributed by atoms with Crippen LogP contribution < -0.4 is 9.47 Å². The summed E-state index contributed by atoms with van der Waals surface area (Å²) in [6.07, 6.45) is 6.76. The molecule has 1 saturated heterocycles. The molecule has 0 aromatic heterocycles. The van der Waals surface area contributed by atoms with Crippen LogP contribution in [0.5, 0.6) is 11.5 Å². The number of benzene rings is 1. The molecule has 5 nitrogen and oxygen atoms in total. The lowest BCUT2D eigenvalue weighted by atomic mass is 9.97. The Labute approximate surface area is 156 Å². The minimum atomic E-state index is -0.0380. The van der Waals surface area contributed by atoms with Crippen molar-refractivity contribution in [3.63, 3.8) is 0 Å². The molecule has 2 rings (SSSR count). The van der Waals surface area contributed by atoms with Crippen LogP contribution in [0.4, 0.5) is 0 Å². The molecule has 1 fully saturated rings. The predicted octanol–water partition coefficient (Wildman–Crippen LogP) is 3.77. The molecule has 0 saturated carbocycles. The first-order valence-corrected chi connectivity index (χ1v) is 9.50. The fourth-order valence-corrected chi connectivity index (χ4v) is 3.22. The van der Waals surface area contributed by atoms with Gasteiger partial charge in [0.1, 0.15) is 0 Å². The summed E-state index contributed by atoms with van der Waals surface area (Å²) in [7, 11) is 1.66. The normalized spacial score (nSPS) is 16.0. The van der Waals surface area contributed by atoms with Gasteiger partial charge in [0.05, 0.1) is 26.2 Å². The third kappa shape index (κ3) is 6.06. The van der Waals surface area contributed by atoms with Gasteiger partial charge in [0, 0.05) is 6.54 Å². The number of carbonyl (C=O) groups excluding carboxylic acids is 1. The second-order valence-corrected chi connectivity index (χ2v) is 6.48. The first-order chi connectivity index (χ1) is 12.7. The molecule has 0 N–H and O–H groups in total. The summed E-state index contributed by atoms with van der Waals surface area (Å²) in [5, 5.41) is 0. The van der Waals surface area contributed by atoms with E-state index in [2.05, 4.69) is 4.90 Å². The zero-order valence-electron chi connectivity index (χ0n) is 16.2. The first kappa shape index (κ1) is 20.3. The molecule has 1 aromatic carbocycles. The Morgan fingerprint density at radius 2 is 2.04 bits per heavy atom. The summed E-state index contributed by atoms with van der Waals surface area (Å²) in [6, 6.07) is 5.96. The van der Waals surface area contributed by atoms with E-state index in [1.807, 2.05) is 44.2 Å². The number of hydrogen-bond donors (Lipinski definition) is 0. The van der Waals surface area contributed by atoms with Crippen LogP contribution >= 0.6 is 0 Å². The second kappa shape index (κ2) is 10.9. The van der Waals surface area contributed by atoms with E-state index in [1.165, 1.54) is 0 Å². The minimum Gasteiger partial charge on any atom is -0.493 e. The maximum atomic E-state index is 11.8.